The Labute approximate surface area is 191 Å². The van der Waals surface area contributed by atoms with Crippen molar-refractivity contribution in [3.05, 3.63) is 51.0 Å². The summed E-state index contributed by atoms with van der Waals surface area (Å²) in [5.41, 5.74) is 1.34. The molecule has 1 amide bonds. The number of hydrogen-bond donors (Lipinski definition) is 1. The monoisotopic (exact) mass is 454 g/mol. The van der Waals surface area contributed by atoms with Crippen molar-refractivity contribution in [1.29, 1.82) is 0 Å². The molecule has 2 aromatic heterocycles. The Balaban J connectivity index is 1.37. The van der Waals surface area contributed by atoms with E-state index in [-0.39, 0.29) is 22.9 Å². The van der Waals surface area contributed by atoms with Crippen LogP contribution >= 0.6 is 11.6 Å². The third kappa shape index (κ3) is 4.41. The number of halogens is 1. The molecule has 3 aromatic rings. The minimum Gasteiger partial charge on any atom is -0.342 e. The van der Waals surface area contributed by atoms with Crippen molar-refractivity contribution in [2.75, 3.05) is 13.1 Å². The number of nitrogens with one attached hydrogen (secondary N) is 1. The van der Waals surface area contributed by atoms with Gasteiger partial charge in [-0.15, -0.1) is 5.10 Å². The first-order chi connectivity index (χ1) is 15.6. The Bertz CT molecular complexity index is 1180. The van der Waals surface area contributed by atoms with Gasteiger partial charge in [0, 0.05) is 30.5 Å². The van der Waals surface area contributed by atoms with E-state index in [1.165, 1.54) is 12.8 Å². The van der Waals surface area contributed by atoms with E-state index in [1.54, 1.807) is 4.68 Å². The van der Waals surface area contributed by atoms with E-state index in [4.69, 9.17) is 16.6 Å². The summed E-state index contributed by atoms with van der Waals surface area (Å²) in [6.07, 6.45) is 7.24. The standard InChI is InChI=1S/C23H27ClN6O2/c24-18-9-3-7-16(11-18)13-30-22-20(27-28-30)23(32)26-21(25-22)17-8-4-10-29(14-17)19(31)12-15-5-1-2-6-15/h3,7,9,11,15,17H,1-2,4-6,8,10,12-14H2,(H,25,26,32)/t17-/m1/s1. The molecule has 1 saturated heterocycles. The molecule has 0 spiro atoms. The molecule has 8 nitrogen and oxygen atoms in total. The maximum atomic E-state index is 12.9. The first kappa shape index (κ1) is 21.1. The highest BCUT2D eigenvalue weighted by molar-refractivity contribution is 6.30. The summed E-state index contributed by atoms with van der Waals surface area (Å²) in [4.78, 5) is 35.1. The zero-order valence-corrected chi connectivity index (χ0v) is 18.7. The molecule has 168 valence electrons. The summed E-state index contributed by atoms with van der Waals surface area (Å²) in [6, 6.07) is 7.50. The zero-order chi connectivity index (χ0) is 22.1. The number of rotatable bonds is 5. The Morgan fingerprint density at radius 3 is 2.84 bits per heavy atom. The number of carbonyl (C=O) groups excluding carboxylic acids is 1. The fourth-order valence-electron chi connectivity index (χ4n) is 5.01. The van der Waals surface area contributed by atoms with Crippen LogP contribution in [0.5, 0.6) is 0 Å². The van der Waals surface area contributed by atoms with Gasteiger partial charge in [0.15, 0.2) is 11.2 Å². The third-order valence-corrected chi connectivity index (χ3v) is 6.95. The molecular formula is C23H27ClN6O2. The predicted octanol–water partition coefficient (Wildman–Crippen LogP) is 3.50. The highest BCUT2D eigenvalue weighted by Gasteiger charge is 2.29. The van der Waals surface area contributed by atoms with Gasteiger partial charge < -0.3 is 9.88 Å². The van der Waals surface area contributed by atoms with Crippen molar-refractivity contribution >= 4 is 28.7 Å². The highest BCUT2D eigenvalue weighted by atomic mass is 35.5. The SMILES string of the molecule is O=C(CC1CCCC1)N1CCC[C@@H](c2nc3c(nnn3Cc3cccc(Cl)c3)c(=O)[nH]2)C1. The number of likely N-dealkylation sites (tertiary alicyclic amines) is 1. The number of benzene rings is 1. The molecule has 1 atom stereocenters. The van der Waals surface area contributed by atoms with Crippen molar-refractivity contribution in [1.82, 2.24) is 29.9 Å². The molecule has 0 unspecified atom stereocenters. The zero-order valence-electron chi connectivity index (χ0n) is 18.0. The topological polar surface area (TPSA) is 96.8 Å². The van der Waals surface area contributed by atoms with Crippen molar-refractivity contribution < 1.29 is 4.79 Å². The Morgan fingerprint density at radius 2 is 2.03 bits per heavy atom. The summed E-state index contributed by atoms with van der Waals surface area (Å²) in [5, 5.41) is 8.82. The number of hydrogen-bond acceptors (Lipinski definition) is 5. The van der Waals surface area contributed by atoms with Crippen LogP contribution in [0.1, 0.15) is 62.3 Å². The van der Waals surface area contributed by atoms with Crippen LogP contribution in [0, 0.1) is 5.92 Å². The van der Waals surface area contributed by atoms with Gasteiger partial charge in [0.25, 0.3) is 5.56 Å². The Kier molecular flexibility index (Phi) is 5.95. The predicted molar refractivity (Wildman–Crippen MR) is 122 cm³/mol. The molecular weight excluding hydrogens is 428 g/mol. The summed E-state index contributed by atoms with van der Waals surface area (Å²) < 4.78 is 1.63. The second-order valence-electron chi connectivity index (χ2n) is 9.03. The van der Waals surface area contributed by atoms with Gasteiger partial charge in [-0.25, -0.2) is 9.67 Å². The van der Waals surface area contributed by atoms with Gasteiger partial charge in [-0.2, -0.15) is 0 Å². The largest absolute Gasteiger partial charge is 0.342 e. The lowest BCUT2D eigenvalue weighted by atomic mass is 9.95. The van der Waals surface area contributed by atoms with Gasteiger partial charge in [-0.1, -0.05) is 41.8 Å². The third-order valence-electron chi connectivity index (χ3n) is 6.71. The fraction of sp³-hybridized carbons (Fsp3) is 0.522. The lowest BCUT2D eigenvalue weighted by molar-refractivity contribution is -0.133. The molecule has 2 fully saturated rings. The van der Waals surface area contributed by atoms with Gasteiger partial charge in [0.1, 0.15) is 5.82 Å². The van der Waals surface area contributed by atoms with Gasteiger partial charge in [-0.3, -0.25) is 9.59 Å². The second kappa shape index (κ2) is 9.02. The number of carbonyl (C=O) groups is 1. The minimum atomic E-state index is -0.295. The summed E-state index contributed by atoms with van der Waals surface area (Å²) >= 11 is 6.10. The van der Waals surface area contributed by atoms with Crippen molar-refractivity contribution in [3.63, 3.8) is 0 Å². The number of H-pyrrole nitrogens is 1. The number of piperidine rings is 1. The minimum absolute atomic E-state index is 0.00268. The average Bonchev–Trinajstić information content (AvgIpc) is 3.44. The summed E-state index contributed by atoms with van der Waals surface area (Å²) in [5.74, 6) is 1.38. The van der Waals surface area contributed by atoms with Crippen LogP contribution in [0.4, 0.5) is 0 Å². The molecule has 0 radical (unpaired) electrons. The quantitative estimate of drug-likeness (QED) is 0.636. The van der Waals surface area contributed by atoms with E-state index in [2.05, 4.69) is 15.3 Å². The second-order valence-corrected chi connectivity index (χ2v) is 9.47. The van der Waals surface area contributed by atoms with E-state index >= 15 is 0 Å². The summed E-state index contributed by atoms with van der Waals surface area (Å²) in [7, 11) is 0. The highest BCUT2D eigenvalue weighted by Crippen LogP contribution is 2.30. The maximum absolute atomic E-state index is 12.9. The molecule has 1 N–H and O–H groups in total. The molecule has 32 heavy (non-hydrogen) atoms. The smallest absolute Gasteiger partial charge is 0.281 e. The van der Waals surface area contributed by atoms with Gasteiger partial charge in [0.05, 0.1) is 6.54 Å². The fourth-order valence-corrected chi connectivity index (χ4v) is 5.22. The molecule has 5 rings (SSSR count). The normalized spacial score (nSPS) is 19.7. The number of nitrogens with zero attached hydrogens (tertiary/aromatic N) is 5. The van der Waals surface area contributed by atoms with E-state index in [0.29, 0.717) is 41.9 Å². The Morgan fingerprint density at radius 1 is 1.19 bits per heavy atom. The first-order valence-electron chi connectivity index (χ1n) is 11.4. The van der Waals surface area contributed by atoms with Crippen LogP contribution in [0.3, 0.4) is 0 Å². The molecule has 3 heterocycles. The van der Waals surface area contributed by atoms with Crippen molar-refractivity contribution in [3.8, 4) is 0 Å². The van der Waals surface area contributed by atoms with Crippen molar-refractivity contribution in [2.45, 2.75) is 57.4 Å². The lowest BCUT2D eigenvalue weighted by Crippen LogP contribution is -2.40. The van der Waals surface area contributed by atoms with Crippen LogP contribution < -0.4 is 5.56 Å². The number of aromatic nitrogens is 5. The molecule has 2 aliphatic rings. The van der Waals surface area contributed by atoms with Gasteiger partial charge in [-0.05, 0) is 49.3 Å². The lowest BCUT2D eigenvalue weighted by Gasteiger charge is -2.33. The molecule has 9 heteroatoms. The number of amides is 1. The molecule has 1 saturated carbocycles. The number of aromatic amines is 1. The van der Waals surface area contributed by atoms with Crippen molar-refractivity contribution in [2.24, 2.45) is 5.92 Å². The Hall–Kier alpha value is -2.74. The van der Waals surface area contributed by atoms with Crippen LogP contribution in [0.25, 0.3) is 11.2 Å². The van der Waals surface area contributed by atoms with Gasteiger partial charge >= 0.3 is 0 Å². The van der Waals surface area contributed by atoms with E-state index in [1.807, 2.05) is 29.2 Å². The van der Waals surface area contributed by atoms with E-state index in [0.717, 1.165) is 37.8 Å². The molecule has 1 aromatic carbocycles. The molecule has 0 bridgehead atoms. The van der Waals surface area contributed by atoms with Crippen LogP contribution in [0.2, 0.25) is 5.02 Å². The van der Waals surface area contributed by atoms with Crippen LogP contribution in [0.15, 0.2) is 29.1 Å². The summed E-state index contributed by atoms with van der Waals surface area (Å²) in [6.45, 7) is 1.79. The van der Waals surface area contributed by atoms with Crippen LogP contribution in [-0.4, -0.2) is 48.9 Å². The van der Waals surface area contributed by atoms with Gasteiger partial charge in [0.2, 0.25) is 5.91 Å². The van der Waals surface area contributed by atoms with Crippen LogP contribution in [-0.2, 0) is 11.3 Å². The van der Waals surface area contributed by atoms with E-state index < -0.39 is 0 Å². The molecule has 1 aliphatic carbocycles. The molecule has 1 aliphatic heterocycles. The van der Waals surface area contributed by atoms with E-state index in [9.17, 15) is 9.59 Å². The first-order valence-corrected chi connectivity index (χ1v) is 11.8. The average molecular weight is 455 g/mol. The maximum Gasteiger partial charge on any atom is 0.281 e. The number of fused-ring (bicyclic) bond motifs is 1.